The maximum absolute atomic E-state index is 12.1. The van der Waals surface area contributed by atoms with Crippen molar-refractivity contribution in [3.63, 3.8) is 0 Å². The summed E-state index contributed by atoms with van der Waals surface area (Å²) < 4.78 is 36.2. The third-order valence-corrected chi connectivity index (χ3v) is 3.14. The third-order valence-electron chi connectivity index (χ3n) is 2.14. The minimum Gasteiger partial charge on any atom is -0.477 e. The Morgan fingerprint density at radius 2 is 2.05 bits per heavy atom. The fourth-order valence-electron chi connectivity index (χ4n) is 1.25. The number of carbonyl (C=O) groups excluding carboxylic acids is 1. The first-order valence-corrected chi connectivity index (χ1v) is 6.18. The average molecular weight is 296 g/mol. The second-order valence-electron chi connectivity index (χ2n) is 3.66. The topological polar surface area (TPSA) is 79.3 Å². The molecule has 5 nitrogen and oxygen atoms in total. The minimum absolute atomic E-state index is 0.147. The lowest BCUT2D eigenvalue weighted by atomic mass is 10.2. The molecule has 0 aliphatic rings. The summed E-state index contributed by atoms with van der Waals surface area (Å²) >= 11 is 0.520. The summed E-state index contributed by atoms with van der Waals surface area (Å²) in [5.74, 6) is -3.43. The smallest absolute Gasteiger partial charge is 0.471 e. The first-order valence-electron chi connectivity index (χ1n) is 5.36. The van der Waals surface area contributed by atoms with Gasteiger partial charge in [0.05, 0.1) is 5.69 Å². The first-order chi connectivity index (χ1) is 8.75. The van der Waals surface area contributed by atoms with E-state index in [9.17, 15) is 22.8 Å². The van der Waals surface area contributed by atoms with E-state index in [0.29, 0.717) is 24.2 Å². The summed E-state index contributed by atoms with van der Waals surface area (Å²) in [7, 11) is 0. The lowest BCUT2D eigenvalue weighted by Crippen LogP contribution is -2.29. The number of alkyl halides is 3. The predicted molar refractivity (Wildman–Crippen MR) is 62.4 cm³/mol. The largest absolute Gasteiger partial charge is 0.477 e. The Morgan fingerprint density at radius 3 is 2.53 bits per heavy atom. The number of nitrogens with zero attached hydrogens (tertiary/aromatic N) is 1. The van der Waals surface area contributed by atoms with E-state index in [1.54, 1.807) is 5.32 Å². The standard InChI is InChI=1S/C10H11F3N2O3S/c1-2-3-4-5-6(7(16)17)19-9(14-5)15-8(18)10(11,12)13/h2-4H2,1H3,(H,16,17)(H,14,15,18). The van der Waals surface area contributed by atoms with Crippen molar-refractivity contribution in [2.75, 3.05) is 5.32 Å². The molecule has 0 saturated heterocycles. The molecule has 9 heteroatoms. The number of halogens is 3. The molecule has 1 aromatic heterocycles. The summed E-state index contributed by atoms with van der Waals surface area (Å²) in [5, 5.41) is 10.1. The van der Waals surface area contributed by atoms with Crippen molar-refractivity contribution in [2.45, 2.75) is 32.4 Å². The fourth-order valence-corrected chi connectivity index (χ4v) is 2.10. The van der Waals surface area contributed by atoms with E-state index >= 15 is 0 Å². The van der Waals surface area contributed by atoms with Gasteiger partial charge < -0.3 is 5.11 Å². The Hall–Kier alpha value is -1.64. The zero-order valence-electron chi connectivity index (χ0n) is 9.87. The molecular formula is C10H11F3N2O3S. The van der Waals surface area contributed by atoms with E-state index < -0.39 is 18.1 Å². The van der Waals surface area contributed by atoms with Gasteiger partial charge in [0.25, 0.3) is 0 Å². The molecule has 106 valence electrons. The van der Waals surface area contributed by atoms with E-state index in [1.165, 1.54) is 0 Å². The predicted octanol–water partition coefficient (Wildman–Crippen LogP) is 2.68. The number of hydrogen-bond donors (Lipinski definition) is 2. The van der Waals surface area contributed by atoms with Crippen LogP contribution in [-0.2, 0) is 11.2 Å². The molecule has 0 bridgehead atoms. The van der Waals surface area contributed by atoms with E-state index in [4.69, 9.17) is 5.11 Å². The Balaban J connectivity index is 2.92. The summed E-state index contributed by atoms with van der Waals surface area (Å²) in [4.78, 5) is 25.2. The monoisotopic (exact) mass is 296 g/mol. The van der Waals surface area contributed by atoms with Crippen LogP contribution in [0.3, 0.4) is 0 Å². The number of carboxylic acid groups (broad SMARTS) is 1. The van der Waals surface area contributed by atoms with Gasteiger partial charge in [0.15, 0.2) is 5.13 Å². The summed E-state index contributed by atoms with van der Waals surface area (Å²) in [6, 6.07) is 0. The Kier molecular flexibility index (Phi) is 4.87. The van der Waals surface area contributed by atoms with Crippen LogP contribution in [0, 0.1) is 0 Å². The molecule has 2 N–H and O–H groups in total. The highest BCUT2D eigenvalue weighted by atomic mass is 32.1. The summed E-state index contributed by atoms with van der Waals surface area (Å²) in [6.07, 6.45) is -3.23. The number of carboxylic acids is 1. The SMILES string of the molecule is CCCCc1nc(NC(=O)C(F)(F)F)sc1C(=O)O. The van der Waals surface area contributed by atoms with Crippen LogP contribution >= 0.6 is 11.3 Å². The van der Waals surface area contributed by atoms with Crippen molar-refractivity contribution in [2.24, 2.45) is 0 Å². The zero-order valence-corrected chi connectivity index (χ0v) is 10.7. The van der Waals surface area contributed by atoms with Crippen molar-refractivity contribution in [1.29, 1.82) is 0 Å². The Labute approximate surface area is 110 Å². The molecule has 0 atom stereocenters. The molecule has 0 fully saturated rings. The highest BCUT2D eigenvalue weighted by Crippen LogP contribution is 2.26. The van der Waals surface area contributed by atoms with Gasteiger partial charge in [0.2, 0.25) is 0 Å². The van der Waals surface area contributed by atoms with Crippen molar-refractivity contribution in [3.8, 4) is 0 Å². The maximum Gasteiger partial charge on any atom is 0.471 e. The third kappa shape index (κ3) is 4.19. The van der Waals surface area contributed by atoms with Gasteiger partial charge in [-0.15, -0.1) is 0 Å². The highest BCUT2D eigenvalue weighted by Gasteiger charge is 2.39. The second kappa shape index (κ2) is 6.00. The lowest BCUT2D eigenvalue weighted by Gasteiger charge is -2.04. The molecule has 0 aliphatic carbocycles. The van der Waals surface area contributed by atoms with Gasteiger partial charge in [0.1, 0.15) is 4.88 Å². The molecule has 0 aromatic carbocycles. The van der Waals surface area contributed by atoms with Crippen LogP contribution in [-0.4, -0.2) is 28.1 Å². The number of anilines is 1. The van der Waals surface area contributed by atoms with Crippen molar-refractivity contribution < 1.29 is 27.9 Å². The second-order valence-corrected chi connectivity index (χ2v) is 4.65. The Morgan fingerprint density at radius 1 is 1.42 bits per heavy atom. The van der Waals surface area contributed by atoms with Gasteiger partial charge in [-0.1, -0.05) is 24.7 Å². The van der Waals surface area contributed by atoms with Crippen LogP contribution < -0.4 is 5.32 Å². The number of carbonyl (C=O) groups is 2. The van der Waals surface area contributed by atoms with Crippen LogP contribution in [0.2, 0.25) is 0 Å². The number of aromatic carboxylic acids is 1. The van der Waals surface area contributed by atoms with Crippen LogP contribution in [0.15, 0.2) is 0 Å². The molecule has 1 amide bonds. The van der Waals surface area contributed by atoms with E-state index in [2.05, 4.69) is 4.98 Å². The van der Waals surface area contributed by atoms with E-state index in [-0.39, 0.29) is 15.7 Å². The van der Waals surface area contributed by atoms with E-state index in [0.717, 1.165) is 6.42 Å². The number of amides is 1. The first kappa shape index (κ1) is 15.4. The van der Waals surface area contributed by atoms with E-state index in [1.807, 2.05) is 6.92 Å². The van der Waals surface area contributed by atoms with Crippen molar-refractivity contribution >= 4 is 28.3 Å². The number of aromatic nitrogens is 1. The van der Waals surface area contributed by atoms with Crippen molar-refractivity contribution in [1.82, 2.24) is 4.98 Å². The fraction of sp³-hybridized carbons (Fsp3) is 0.500. The molecule has 1 aromatic rings. The van der Waals surface area contributed by atoms with Gasteiger partial charge in [-0.2, -0.15) is 13.2 Å². The molecule has 1 rings (SSSR count). The van der Waals surface area contributed by atoms with Gasteiger partial charge in [0, 0.05) is 0 Å². The van der Waals surface area contributed by atoms with Gasteiger partial charge in [-0.25, -0.2) is 9.78 Å². The maximum atomic E-state index is 12.1. The highest BCUT2D eigenvalue weighted by molar-refractivity contribution is 7.17. The van der Waals surface area contributed by atoms with Crippen LogP contribution in [0.4, 0.5) is 18.3 Å². The number of unbranched alkanes of at least 4 members (excludes halogenated alkanes) is 1. The quantitative estimate of drug-likeness (QED) is 0.875. The normalized spacial score (nSPS) is 11.4. The molecule has 19 heavy (non-hydrogen) atoms. The Bertz CT molecular complexity index is 485. The number of rotatable bonds is 5. The molecular weight excluding hydrogens is 285 g/mol. The van der Waals surface area contributed by atoms with Gasteiger partial charge >= 0.3 is 18.1 Å². The molecule has 0 spiro atoms. The van der Waals surface area contributed by atoms with Crippen LogP contribution in [0.1, 0.15) is 35.1 Å². The summed E-state index contributed by atoms with van der Waals surface area (Å²) in [5.41, 5.74) is 0.192. The molecule has 0 aliphatic heterocycles. The number of aryl methyl sites for hydroxylation is 1. The molecule has 1 heterocycles. The number of nitrogens with one attached hydrogen (secondary N) is 1. The zero-order chi connectivity index (χ0) is 14.6. The number of thiazole rings is 1. The molecule has 0 unspecified atom stereocenters. The average Bonchev–Trinajstić information content (AvgIpc) is 2.68. The van der Waals surface area contributed by atoms with Gasteiger partial charge in [-0.05, 0) is 12.8 Å². The summed E-state index contributed by atoms with van der Waals surface area (Å²) in [6.45, 7) is 1.89. The lowest BCUT2D eigenvalue weighted by molar-refractivity contribution is -0.167. The minimum atomic E-state index is -5.03. The van der Waals surface area contributed by atoms with Crippen molar-refractivity contribution in [3.05, 3.63) is 10.6 Å². The van der Waals surface area contributed by atoms with Gasteiger partial charge in [-0.3, -0.25) is 10.1 Å². The van der Waals surface area contributed by atoms with Crippen LogP contribution in [0.25, 0.3) is 0 Å². The molecule has 0 saturated carbocycles. The van der Waals surface area contributed by atoms with Crippen LogP contribution in [0.5, 0.6) is 0 Å². The molecule has 0 radical (unpaired) electrons. The number of hydrogen-bond acceptors (Lipinski definition) is 4.